The van der Waals surface area contributed by atoms with E-state index < -0.39 is 30.4 Å². The first-order valence-electron chi connectivity index (χ1n) is 7.91. The molecule has 0 aromatic heterocycles. The van der Waals surface area contributed by atoms with Crippen molar-refractivity contribution in [2.24, 2.45) is 5.73 Å². The molecule has 0 fully saturated rings. The smallest absolute Gasteiger partial charge is 0.344 e. The SMILES string of the molecule is CC(C)OP(=O)(OC(C)C)C1C(C#N)=C(N)Oc2ccc([N+](=O)[O-])cc21. The molecule has 1 unspecified atom stereocenters. The molecule has 1 atom stereocenters. The lowest BCUT2D eigenvalue weighted by molar-refractivity contribution is -0.384. The Bertz CT molecular complexity index is 829. The minimum Gasteiger partial charge on any atom is -0.440 e. The number of benzene rings is 1. The maximum atomic E-state index is 13.6. The summed E-state index contributed by atoms with van der Waals surface area (Å²) in [6.45, 7) is 6.68. The molecular weight excluding hydrogens is 361 g/mol. The molecule has 1 aromatic rings. The van der Waals surface area contributed by atoms with E-state index in [0.717, 1.165) is 0 Å². The normalized spacial score (nSPS) is 17.0. The number of ether oxygens (including phenoxy) is 1. The van der Waals surface area contributed by atoms with Crippen molar-refractivity contribution < 1.29 is 23.3 Å². The first-order chi connectivity index (χ1) is 12.1. The van der Waals surface area contributed by atoms with Crippen LogP contribution in [0.2, 0.25) is 0 Å². The Balaban J connectivity index is 2.73. The number of non-ortho nitro benzene ring substituents is 1. The standard InChI is InChI=1S/C16H20N3O6P/c1-9(2)24-26(22,25-10(3)4)15-12-7-11(19(20)21)5-6-14(12)23-16(18)13(15)8-17/h5-7,9-10,15H,18H2,1-4H3. The van der Waals surface area contributed by atoms with Gasteiger partial charge in [0.2, 0.25) is 5.88 Å². The van der Waals surface area contributed by atoms with Crippen molar-refractivity contribution in [3.05, 3.63) is 45.3 Å². The summed E-state index contributed by atoms with van der Waals surface area (Å²) in [5.74, 6) is -0.0733. The Kier molecular flexibility index (Phi) is 5.71. The van der Waals surface area contributed by atoms with Gasteiger partial charge >= 0.3 is 7.60 Å². The van der Waals surface area contributed by atoms with Gasteiger partial charge in [-0.25, -0.2) is 0 Å². The van der Waals surface area contributed by atoms with Crippen molar-refractivity contribution in [2.75, 3.05) is 0 Å². The van der Waals surface area contributed by atoms with Crippen LogP contribution in [0.25, 0.3) is 0 Å². The van der Waals surface area contributed by atoms with Crippen molar-refractivity contribution in [2.45, 2.75) is 45.6 Å². The summed E-state index contributed by atoms with van der Waals surface area (Å²) in [6.07, 6.45) is -0.962. The molecule has 0 saturated heterocycles. The summed E-state index contributed by atoms with van der Waals surface area (Å²) in [5, 5.41) is 20.7. The van der Waals surface area contributed by atoms with Crippen LogP contribution in [0.5, 0.6) is 5.75 Å². The summed E-state index contributed by atoms with van der Waals surface area (Å²) in [7, 11) is -3.96. The molecule has 0 aliphatic carbocycles. The third kappa shape index (κ3) is 3.88. The van der Waals surface area contributed by atoms with Crippen LogP contribution in [0.4, 0.5) is 5.69 Å². The number of fused-ring (bicyclic) bond motifs is 1. The number of rotatable bonds is 6. The van der Waals surface area contributed by atoms with Gasteiger partial charge in [-0.2, -0.15) is 5.26 Å². The molecule has 1 aromatic carbocycles. The molecule has 2 rings (SSSR count). The molecule has 10 heteroatoms. The van der Waals surface area contributed by atoms with Gasteiger partial charge in [0.05, 0.1) is 17.1 Å². The first-order valence-corrected chi connectivity index (χ1v) is 9.52. The van der Waals surface area contributed by atoms with Crippen LogP contribution in [0.15, 0.2) is 29.7 Å². The molecule has 1 aliphatic rings. The quantitative estimate of drug-likeness (QED) is 0.446. The fourth-order valence-corrected chi connectivity index (χ4v) is 5.11. The van der Waals surface area contributed by atoms with E-state index in [9.17, 15) is 19.9 Å². The topological polar surface area (TPSA) is 138 Å². The van der Waals surface area contributed by atoms with E-state index in [-0.39, 0.29) is 28.5 Å². The minimum atomic E-state index is -3.96. The second kappa shape index (κ2) is 7.46. The lowest BCUT2D eigenvalue weighted by Crippen LogP contribution is -2.23. The second-order valence-electron chi connectivity index (χ2n) is 6.22. The van der Waals surface area contributed by atoms with Gasteiger partial charge in [-0.3, -0.25) is 14.7 Å². The van der Waals surface area contributed by atoms with Gasteiger partial charge in [0.25, 0.3) is 5.69 Å². The zero-order valence-corrected chi connectivity index (χ0v) is 15.7. The van der Waals surface area contributed by atoms with E-state index in [0.29, 0.717) is 0 Å². The second-order valence-corrected chi connectivity index (χ2v) is 8.24. The van der Waals surface area contributed by atoms with Gasteiger partial charge in [-0.1, -0.05) is 0 Å². The van der Waals surface area contributed by atoms with Gasteiger partial charge in [0, 0.05) is 17.7 Å². The lowest BCUT2D eigenvalue weighted by Gasteiger charge is -2.33. The van der Waals surface area contributed by atoms with Crippen LogP contribution in [-0.4, -0.2) is 17.1 Å². The highest BCUT2D eigenvalue weighted by Gasteiger charge is 2.47. The Morgan fingerprint density at radius 3 is 2.35 bits per heavy atom. The number of hydrogen-bond acceptors (Lipinski definition) is 8. The fourth-order valence-electron chi connectivity index (χ4n) is 2.60. The molecule has 2 N–H and O–H groups in total. The van der Waals surface area contributed by atoms with Crippen LogP contribution >= 0.6 is 7.60 Å². The molecule has 26 heavy (non-hydrogen) atoms. The van der Waals surface area contributed by atoms with Crippen LogP contribution in [0.1, 0.15) is 38.9 Å². The monoisotopic (exact) mass is 381 g/mol. The van der Waals surface area contributed by atoms with Crippen molar-refractivity contribution in [1.82, 2.24) is 0 Å². The van der Waals surface area contributed by atoms with E-state index in [1.54, 1.807) is 27.7 Å². The largest absolute Gasteiger partial charge is 0.440 e. The highest BCUT2D eigenvalue weighted by molar-refractivity contribution is 7.54. The zero-order chi connectivity index (χ0) is 19.6. The molecule has 1 aliphatic heterocycles. The van der Waals surface area contributed by atoms with E-state index >= 15 is 0 Å². The third-order valence-corrected chi connectivity index (χ3v) is 6.01. The molecule has 0 amide bonds. The van der Waals surface area contributed by atoms with Crippen molar-refractivity contribution in [1.29, 1.82) is 5.26 Å². The average Bonchev–Trinajstić information content (AvgIpc) is 2.51. The third-order valence-electron chi connectivity index (χ3n) is 3.41. The van der Waals surface area contributed by atoms with Crippen molar-refractivity contribution in [3.8, 4) is 11.8 Å². The lowest BCUT2D eigenvalue weighted by atomic mass is 10.0. The summed E-state index contributed by atoms with van der Waals surface area (Å²) in [4.78, 5) is 10.6. The van der Waals surface area contributed by atoms with Crippen LogP contribution in [-0.2, 0) is 13.6 Å². The van der Waals surface area contributed by atoms with Gasteiger partial charge in [-0.05, 0) is 33.8 Å². The van der Waals surface area contributed by atoms with Gasteiger partial charge < -0.3 is 19.5 Å². The maximum Gasteiger partial charge on any atom is 0.344 e. The van der Waals surface area contributed by atoms with Crippen molar-refractivity contribution >= 4 is 13.3 Å². The molecular formula is C16H20N3O6P. The molecule has 0 radical (unpaired) electrons. The van der Waals surface area contributed by atoms with E-state index in [4.69, 9.17) is 19.5 Å². The van der Waals surface area contributed by atoms with Crippen molar-refractivity contribution in [3.63, 3.8) is 0 Å². The number of nitriles is 1. The molecule has 1 heterocycles. The maximum absolute atomic E-state index is 13.6. The van der Waals surface area contributed by atoms with Gasteiger partial charge in [0.1, 0.15) is 23.1 Å². The predicted molar refractivity (Wildman–Crippen MR) is 93.3 cm³/mol. The average molecular weight is 381 g/mol. The summed E-state index contributed by atoms with van der Waals surface area (Å²) in [6, 6.07) is 5.65. The molecule has 0 spiro atoms. The number of allylic oxidation sites excluding steroid dienone is 1. The zero-order valence-electron chi connectivity index (χ0n) is 14.8. The number of nitrogens with zero attached hydrogens (tertiary/aromatic N) is 2. The molecule has 9 nitrogen and oxygen atoms in total. The highest BCUT2D eigenvalue weighted by atomic mass is 31.2. The molecule has 0 bridgehead atoms. The highest BCUT2D eigenvalue weighted by Crippen LogP contribution is 2.67. The Labute approximate surface area is 151 Å². The minimum absolute atomic E-state index is 0.150. The summed E-state index contributed by atoms with van der Waals surface area (Å²) >= 11 is 0. The van der Waals surface area contributed by atoms with Gasteiger partial charge in [-0.15, -0.1) is 0 Å². The first kappa shape index (κ1) is 19.9. The van der Waals surface area contributed by atoms with Crippen LogP contribution < -0.4 is 10.5 Å². The Morgan fingerprint density at radius 2 is 1.88 bits per heavy atom. The molecule has 0 saturated carbocycles. The Morgan fingerprint density at radius 1 is 1.31 bits per heavy atom. The van der Waals surface area contributed by atoms with E-state index in [2.05, 4.69) is 0 Å². The van der Waals surface area contributed by atoms with E-state index in [1.165, 1.54) is 18.2 Å². The number of hydrogen-bond donors (Lipinski definition) is 1. The summed E-state index contributed by atoms with van der Waals surface area (Å²) < 4.78 is 30.2. The van der Waals surface area contributed by atoms with Crippen LogP contribution in [0.3, 0.4) is 0 Å². The number of nitro benzene ring substituents is 1. The van der Waals surface area contributed by atoms with E-state index in [1.807, 2.05) is 6.07 Å². The van der Waals surface area contributed by atoms with Gasteiger partial charge in [0.15, 0.2) is 0 Å². The molecule has 140 valence electrons. The number of nitrogens with two attached hydrogens (primary N) is 1. The van der Waals surface area contributed by atoms with Crippen LogP contribution in [0, 0.1) is 21.4 Å². The number of nitro groups is 1. The summed E-state index contributed by atoms with van der Waals surface area (Å²) in [5.41, 5.74) is 4.37. The fraction of sp³-hybridized carbons (Fsp3) is 0.438. The predicted octanol–water partition coefficient (Wildman–Crippen LogP) is 3.77. The Hall–Kier alpha value is -2.40.